The molecule has 0 spiro atoms. The molecule has 0 amide bonds. The summed E-state index contributed by atoms with van der Waals surface area (Å²) in [5.41, 5.74) is 1.35. The summed E-state index contributed by atoms with van der Waals surface area (Å²) in [6.07, 6.45) is 10.1. The molecule has 1 heteroatoms. The van der Waals surface area contributed by atoms with E-state index >= 15 is 0 Å². The summed E-state index contributed by atoms with van der Waals surface area (Å²) < 4.78 is 0. The van der Waals surface area contributed by atoms with E-state index in [0.29, 0.717) is 5.92 Å². The van der Waals surface area contributed by atoms with E-state index in [2.05, 4.69) is 25.8 Å². The van der Waals surface area contributed by atoms with Crippen molar-refractivity contribution >= 4 is 5.71 Å². The van der Waals surface area contributed by atoms with Crippen molar-refractivity contribution in [2.75, 3.05) is 6.54 Å². The Kier molecular flexibility index (Phi) is 5.97. The predicted molar refractivity (Wildman–Crippen MR) is 68.6 cm³/mol. The molecule has 0 saturated heterocycles. The van der Waals surface area contributed by atoms with Crippen LogP contribution in [0, 0.1) is 11.8 Å². The quantitative estimate of drug-likeness (QED) is 0.413. The van der Waals surface area contributed by atoms with Crippen molar-refractivity contribution in [1.82, 2.24) is 0 Å². The Morgan fingerprint density at radius 2 is 2.00 bits per heavy atom. The fraction of sp³-hybridized carbons (Fsp3) is 0.929. The highest BCUT2D eigenvalue weighted by atomic mass is 14.7. The van der Waals surface area contributed by atoms with Gasteiger partial charge in [0.05, 0.1) is 0 Å². The van der Waals surface area contributed by atoms with Crippen LogP contribution in [0.15, 0.2) is 4.99 Å². The molecule has 0 radical (unpaired) electrons. The van der Waals surface area contributed by atoms with E-state index in [4.69, 9.17) is 0 Å². The molecule has 1 saturated carbocycles. The zero-order chi connectivity index (χ0) is 11.1. The van der Waals surface area contributed by atoms with Crippen LogP contribution in [0.5, 0.6) is 0 Å². The van der Waals surface area contributed by atoms with Crippen LogP contribution in [0.4, 0.5) is 0 Å². The molecule has 0 aromatic carbocycles. The molecule has 0 bridgehead atoms. The molecule has 1 atom stereocenters. The van der Waals surface area contributed by atoms with Crippen molar-refractivity contribution in [3.8, 4) is 0 Å². The molecule has 0 aromatic heterocycles. The van der Waals surface area contributed by atoms with Crippen LogP contribution in [0.25, 0.3) is 0 Å². The summed E-state index contributed by atoms with van der Waals surface area (Å²) in [5, 5.41) is 0. The molecule has 1 rings (SSSR count). The van der Waals surface area contributed by atoms with Crippen LogP contribution in [0.2, 0.25) is 0 Å². The zero-order valence-electron chi connectivity index (χ0n) is 10.8. The van der Waals surface area contributed by atoms with Gasteiger partial charge in [0.1, 0.15) is 0 Å². The van der Waals surface area contributed by atoms with E-state index in [-0.39, 0.29) is 0 Å². The van der Waals surface area contributed by atoms with Crippen molar-refractivity contribution in [2.45, 2.75) is 65.7 Å². The Morgan fingerprint density at radius 3 is 2.60 bits per heavy atom. The third-order valence-electron chi connectivity index (χ3n) is 3.57. The predicted octanol–water partition coefficient (Wildman–Crippen LogP) is 4.46. The minimum Gasteiger partial charge on any atom is -0.294 e. The van der Waals surface area contributed by atoms with Crippen LogP contribution in [-0.2, 0) is 0 Å². The Balaban J connectivity index is 1.95. The van der Waals surface area contributed by atoms with Gasteiger partial charge in [0.15, 0.2) is 0 Å². The molecular formula is C14H27N. The molecule has 88 valence electrons. The van der Waals surface area contributed by atoms with Crippen molar-refractivity contribution in [3.63, 3.8) is 0 Å². The average Bonchev–Trinajstić information content (AvgIpc) is 3.01. The maximum atomic E-state index is 4.48. The zero-order valence-corrected chi connectivity index (χ0v) is 10.8. The second kappa shape index (κ2) is 7.03. The first-order chi connectivity index (χ1) is 7.24. The summed E-state index contributed by atoms with van der Waals surface area (Å²) in [6, 6.07) is 0. The lowest BCUT2D eigenvalue weighted by molar-refractivity contribution is 0.551. The minimum atomic E-state index is 0.700. The summed E-state index contributed by atoms with van der Waals surface area (Å²) in [5.74, 6) is 1.82. The lowest BCUT2D eigenvalue weighted by Crippen LogP contribution is -2.07. The van der Waals surface area contributed by atoms with Crippen LogP contribution >= 0.6 is 0 Å². The fourth-order valence-electron chi connectivity index (χ4n) is 2.08. The summed E-state index contributed by atoms with van der Waals surface area (Å²) in [4.78, 5) is 4.48. The number of rotatable bonds is 8. The monoisotopic (exact) mass is 209 g/mol. The van der Waals surface area contributed by atoms with Crippen molar-refractivity contribution < 1.29 is 0 Å². The van der Waals surface area contributed by atoms with Crippen LogP contribution in [0.1, 0.15) is 65.7 Å². The van der Waals surface area contributed by atoms with Crippen LogP contribution in [-0.4, -0.2) is 12.3 Å². The molecule has 0 heterocycles. The topological polar surface area (TPSA) is 12.4 Å². The number of nitrogens with zero attached hydrogens (tertiary/aromatic N) is 1. The molecule has 0 N–H and O–H groups in total. The number of hydrogen-bond donors (Lipinski definition) is 0. The van der Waals surface area contributed by atoms with Gasteiger partial charge in [-0.3, -0.25) is 4.99 Å². The van der Waals surface area contributed by atoms with E-state index < -0.39 is 0 Å². The van der Waals surface area contributed by atoms with Gasteiger partial charge in [-0.2, -0.15) is 0 Å². The van der Waals surface area contributed by atoms with Crippen molar-refractivity contribution in [1.29, 1.82) is 0 Å². The van der Waals surface area contributed by atoms with Gasteiger partial charge in [0.25, 0.3) is 0 Å². The lowest BCUT2D eigenvalue weighted by atomic mass is 9.98. The van der Waals surface area contributed by atoms with Gasteiger partial charge in [0, 0.05) is 12.3 Å². The molecule has 1 fully saturated rings. The summed E-state index contributed by atoms with van der Waals surface area (Å²) in [6.45, 7) is 7.55. The molecule has 15 heavy (non-hydrogen) atoms. The number of unbranched alkanes of at least 4 members (excludes halogenated alkanes) is 2. The number of aliphatic imine (C=N–C) groups is 1. The molecule has 1 aliphatic rings. The van der Waals surface area contributed by atoms with Gasteiger partial charge in [-0.15, -0.1) is 0 Å². The molecule has 1 unspecified atom stereocenters. The van der Waals surface area contributed by atoms with E-state index in [9.17, 15) is 0 Å². The maximum absolute atomic E-state index is 4.48. The Labute approximate surface area is 95.4 Å². The fourth-order valence-corrected chi connectivity index (χ4v) is 2.08. The summed E-state index contributed by atoms with van der Waals surface area (Å²) >= 11 is 0. The van der Waals surface area contributed by atoms with Gasteiger partial charge in [-0.25, -0.2) is 0 Å². The number of hydrogen-bond acceptors (Lipinski definition) is 1. The van der Waals surface area contributed by atoms with Gasteiger partial charge >= 0.3 is 0 Å². The third kappa shape index (κ3) is 5.96. The molecule has 1 aliphatic carbocycles. The van der Waals surface area contributed by atoms with Crippen molar-refractivity contribution in [3.05, 3.63) is 0 Å². The highest BCUT2D eigenvalue weighted by Crippen LogP contribution is 2.34. The van der Waals surface area contributed by atoms with E-state index in [0.717, 1.165) is 12.5 Å². The van der Waals surface area contributed by atoms with E-state index in [1.54, 1.807) is 0 Å². The SMILES string of the molecule is CCN=C(C)C(C)CCCCCC1CC1. The van der Waals surface area contributed by atoms with Gasteiger partial charge < -0.3 is 0 Å². The first-order valence-electron chi connectivity index (χ1n) is 6.75. The summed E-state index contributed by atoms with van der Waals surface area (Å²) in [7, 11) is 0. The maximum Gasteiger partial charge on any atom is 0.0360 e. The molecule has 0 aliphatic heterocycles. The first kappa shape index (κ1) is 12.7. The second-order valence-electron chi connectivity index (χ2n) is 5.10. The molecular weight excluding hydrogens is 182 g/mol. The Bertz CT molecular complexity index is 192. The average molecular weight is 209 g/mol. The van der Waals surface area contributed by atoms with Gasteiger partial charge in [0.2, 0.25) is 0 Å². The third-order valence-corrected chi connectivity index (χ3v) is 3.57. The van der Waals surface area contributed by atoms with Crippen LogP contribution in [0.3, 0.4) is 0 Å². The minimum absolute atomic E-state index is 0.700. The van der Waals surface area contributed by atoms with E-state index in [1.165, 1.54) is 50.7 Å². The largest absolute Gasteiger partial charge is 0.294 e. The molecule has 0 aromatic rings. The standard InChI is InChI=1S/C14H27N/c1-4-15-13(3)12(2)8-6-5-7-9-14-10-11-14/h12,14H,4-11H2,1-3H3. The second-order valence-corrected chi connectivity index (χ2v) is 5.10. The first-order valence-corrected chi connectivity index (χ1v) is 6.75. The van der Waals surface area contributed by atoms with Crippen LogP contribution < -0.4 is 0 Å². The Morgan fingerprint density at radius 1 is 1.27 bits per heavy atom. The smallest absolute Gasteiger partial charge is 0.0360 e. The highest BCUT2D eigenvalue weighted by molar-refractivity contribution is 5.83. The highest BCUT2D eigenvalue weighted by Gasteiger charge is 2.19. The normalized spacial score (nSPS) is 19.3. The van der Waals surface area contributed by atoms with Crippen molar-refractivity contribution in [2.24, 2.45) is 16.8 Å². The van der Waals surface area contributed by atoms with Gasteiger partial charge in [-0.1, -0.05) is 45.4 Å². The lowest BCUT2D eigenvalue weighted by Gasteiger charge is -2.10. The Hall–Kier alpha value is -0.330. The van der Waals surface area contributed by atoms with Gasteiger partial charge in [-0.05, 0) is 32.1 Å². The molecule has 1 nitrogen and oxygen atoms in total. The van der Waals surface area contributed by atoms with E-state index in [1.807, 2.05) is 0 Å².